The minimum absolute atomic E-state index is 0. The van der Waals surface area contributed by atoms with Crippen LogP contribution in [0.1, 0.15) is 21.5 Å². The Morgan fingerprint density at radius 3 is 2.15 bits per heavy atom. The number of likely N-dealkylation sites (N-methyl/N-ethyl adjacent to an activating group) is 1. The van der Waals surface area contributed by atoms with E-state index >= 15 is 0 Å². The van der Waals surface area contributed by atoms with E-state index in [1.807, 2.05) is 60.7 Å². The largest absolute Gasteiger partial charge is 0.491 e. The summed E-state index contributed by atoms with van der Waals surface area (Å²) in [4.78, 5) is 25.0. The van der Waals surface area contributed by atoms with Crippen molar-refractivity contribution in [2.45, 2.75) is 25.3 Å². The van der Waals surface area contributed by atoms with Crippen LogP contribution in [-0.2, 0) is 32.2 Å². The summed E-state index contributed by atoms with van der Waals surface area (Å²) in [6, 6.07) is 21.5. The molecule has 0 saturated carbocycles. The molecule has 2 N–H and O–H groups in total. The van der Waals surface area contributed by atoms with Gasteiger partial charge in [-0.15, -0.1) is 12.4 Å². The zero-order chi connectivity index (χ0) is 27.2. The molecule has 0 amide bonds. The Morgan fingerprint density at radius 1 is 0.897 bits per heavy atom. The topological polar surface area (TPSA) is 95.1 Å². The zero-order valence-electron chi connectivity index (χ0n) is 21.9. The summed E-state index contributed by atoms with van der Waals surface area (Å²) in [6.45, 7) is 1.02. The number of hydrogen-bond donors (Lipinski definition) is 2. The van der Waals surface area contributed by atoms with Gasteiger partial charge in [-0.3, -0.25) is 10.1 Å². The Labute approximate surface area is 234 Å². The van der Waals surface area contributed by atoms with Gasteiger partial charge in [0.2, 0.25) is 0 Å². The summed E-state index contributed by atoms with van der Waals surface area (Å²) in [5.41, 5.74) is 1.83. The molecule has 3 aromatic carbocycles. The second-order valence-corrected chi connectivity index (χ2v) is 8.51. The Bertz CT molecular complexity index is 1150. The van der Waals surface area contributed by atoms with E-state index in [0.29, 0.717) is 13.2 Å². The second-order valence-electron chi connectivity index (χ2n) is 8.51. The van der Waals surface area contributed by atoms with Crippen molar-refractivity contribution in [1.29, 1.82) is 0 Å². The normalized spacial score (nSPS) is 12.1. The summed E-state index contributed by atoms with van der Waals surface area (Å²) < 4.78 is 35.8. The molecule has 3 rings (SSSR count). The number of hydrogen-bond acceptors (Lipinski definition) is 8. The molecule has 0 bridgehead atoms. The number of methoxy groups -OCH3 is 1. The van der Waals surface area contributed by atoms with Gasteiger partial charge in [0, 0.05) is 6.54 Å². The molecule has 210 valence electrons. The molecule has 0 aliphatic rings. The molecule has 0 heterocycles. The fraction of sp³-hybridized carbons (Fsp3) is 0.310. The van der Waals surface area contributed by atoms with Gasteiger partial charge < -0.3 is 24.3 Å². The van der Waals surface area contributed by atoms with Gasteiger partial charge in [-0.2, -0.15) is 0 Å². The lowest BCUT2D eigenvalue weighted by Crippen LogP contribution is -2.52. The van der Waals surface area contributed by atoms with Gasteiger partial charge in [0.05, 0.1) is 26.4 Å². The molecule has 10 heteroatoms. The molecular formula is C29H34ClFN2O6. The first-order valence-electron chi connectivity index (χ1n) is 12.2. The molecule has 0 aromatic heterocycles. The molecule has 2 atom stereocenters. The van der Waals surface area contributed by atoms with Crippen LogP contribution < -0.4 is 15.4 Å². The van der Waals surface area contributed by atoms with E-state index in [4.69, 9.17) is 18.9 Å². The van der Waals surface area contributed by atoms with E-state index in [9.17, 15) is 14.0 Å². The monoisotopic (exact) mass is 560 g/mol. The Kier molecular flexibility index (Phi) is 14.0. The van der Waals surface area contributed by atoms with Gasteiger partial charge in [-0.05, 0) is 36.4 Å². The van der Waals surface area contributed by atoms with Crippen molar-refractivity contribution in [3.8, 4) is 5.75 Å². The predicted octanol–water partition coefficient (Wildman–Crippen LogP) is 3.92. The Balaban J connectivity index is 0.00000533. The zero-order valence-corrected chi connectivity index (χ0v) is 22.7. The SMILES string of the molecule is CNCC(NC(COCc1ccccc1)COc1ccc(F)cc1C(=O)OC)C(=O)OCc1ccccc1.Cl. The molecule has 3 aromatic rings. The fourth-order valence-corrected chi connectivity index (χ4v) is 3.65. The van der Waals surface area contributed by atoms with Gasteiger partial charge in [0.25, 0.3) is 0 Å². The fourth-order valence-electron chi connectivity index (χ4n) is 3.65. The highest BCUT2D eigenvalue weighted by atomic mass is 35.5. The number of esters is 2. The molecule has 0 aliphatic carbocycles. The minimum atomic E-state index is -0.720. The van der Waals surface area contributed by atoms with Crippen LogP contribution in [0.4, 0.5) is 4.39 Å². The molecule has 0 saturated heterocycles. The summed E-state index contributed by atoms with van der Waals surface area (Å²) in [6.07, 6.45) is 0. The number of halogens is 2. The summed E-state index contributed by atoms with van der Waals surface area (Å²) in [7, 11) is 2.94. The molecule has 0 radical (unpaired) electrons. The lowest BCUT2D eigenvalue weighted by Gasteiger charge is -2.25. The maximum atomic E-state index is 13.8. The third kappa shape index (κ3) is 10.6. The number of carbonyl (C=O) groups excluding carboxylic acids is 2. The van der Waals surface area contributed by atoms with Crippen LogP contribution in [-0.4, -0.2) is 57.9 Å². The first kappa shape index (κ1) is 31.7. The molecule has 2 unspecified atom stereocenters. The highest BCUT2D eigenvalue weighted by Gasteiger charge is 2.25. The van der Waals surface area contributed by atoms with Crippen molar-refractivity contribution in [3.05, 3.63) is 101 Å². The van der Waals surface area contributed by atoms with Gasteiger partial charge in [0.15, 0.2) is 0 Å². The van der Waals surface area contributed by atoms with Crippen molar-refractivity contribution in [2.24, 2.45) is 0 Å². The maximum absolute atomic E-state index is 13.8. The molecule has 8 nitrogen and oxygen atoms in total. The maximum Gasteiger partial charge on any atom is 0.341 e. The van der Waals surface area contributed by atoms with E-state index < -0.39 is 29.8 Å². The summed E-state index contributed by atoms with van der Waals surface area (Å²) in [5.74, 6) is -1.59. The number of nitrogens with one attached hydrogen (secondary N) is 2. The van der Waals surface area contributed by atoms with Crippen molar-refractivity contribution < 1.29 is 32.9 Å². The van der Waals surface area contributed by atoms with Gasteiger partial charge >= 0.3 is 11.9 Å². The highest BCUT2D eigenvalue weighted by molar-refractivity contribution is 5.92. The van der Waals surface area contributed by atoms with E-state index in [0.717, 1.165) is 17.2 Å². The third-order valence-electron chi connectivity index (χ3n) is 5.57. The van der Waals surface area contributed by atoms with Gasteiger partial charge in [0.1, 0.15) is 36.4 Å². The number of ether oxygens (including phenoxy) is 4. The van der Waals surface area contributed by atoms with Crippen molar-refractivity contribution in [3.63, 3.8) is 0 Å². The average Bonchev–Trinajstić information content (AvgIpc) is 2.95. The molecule has 0 fully saturated rings. The van der Waals surface area contributed by atoms with E-state index in [1.165, 1.54) is 19.2 Å². The predicted molar refractivity (Wildman–Crippen MR) is 147 cm³/mol. The molecule has 39 heavy (non-hydrogen) atoms. The standard InChI is InChI=1S/C29H33FN2O6.ClH/c1-31-16-26(29(34)38-18-22-11-7-4-8-12-22)32-24(19-36-17-21-9-5-3-6-10-21)20-37-27-14-13-23(30)15-25(27)28(33)35-2;/h3-15,24,26,31-32H,16-20H2,1-2H3;1H. The second kappa shape index (κ2) is 17.2. The number of benzene rings is 3. The van der Waals surface area contributed by atoms with E-state index in [2.05, 4.69) is 10.6 Å². The lowest BCUT2D eigenvalue weighted by atomic mass is 10.2. The van der Waals surface area contributed by atoms with E-state index in [-0.39, 0.29) is 43.5 Å². The van der Waals surface area contributed by atoms with Crippen molar-refractivity contribution in [2.75, 3.05) is 33.9 Å². The molecule has 0 spiro atoms. The van der Waals surface area contributed by atoms with Crippen LogP contribution in [0.15, 0.2) is 78.9 Å². The first-order valence-corrected chi connectivity index (χ1v) is 12.2. The number of rotatable bonds is 15. The minimum Gasteiger partial charge on any atom is -0.491 e. The average molecular weight is 561 g/mol. The van der Waals surface area contributed by atoms with Crippen molar-refractivity contribution in [1.82, 2.24) is 10.6 Å². The summed E-state index contributed by atoms with van der Waals surface area (Å²) in [5, 5.41) is 6.24. The van der Waals surface area contributed by atoms with Crippen LogP contribution in [0.3, 0.4) is 0 Å². The van der Waals surface area contributed by atoms with Crippen molar-refractivity contribution >= 4 is 24.3 Å². The first-order chi connectivity index (χ1) is 18.5. The molecule has 0 aliphatic heterocycles. The van der Waals surface area contributed by atoms with Crippen LogP contribution in [0.5, 0.6) is 5.75 Å². The summed E-state index contributed by atoms with van der Waals surface area (Å²) >= 11 is 0. The lowest BCUT2D eigenvalue weighted by molar-refractivity contribution is -0.147. The van der Waals surface area contributed by atoms with Crippen LogP contribution in [0.25, 0.3) is 0 Å². The van der Waals surface area contributed by atoms with Gasteiger partial charge in [-0.25, -0.2) is 9.18 Å². The van der Waals surface area contributed by atoms with Gasteiger partial charge in [-0.1, -0.05) is 60.7 Å². The van der Waals surface area contributed by atoms with Crippen LogP contribution in [0, 0.1) is 5.82 Å². The Morgan fingerprint density at radius 2 is 1.54 bits per heavy atom. The van der Waals surface area contributed by atoms with Crippen LogP contribution >= 0.6 is 12.4 Å². The Hall–Kier alpha value is -3.50. The quantitative estimate of drug-likeness (QED) is 0.270. The molecular weight excluding hydrogens is 527 g/mol. The van der Waals surface area contributed by atoms with E-state index in [1.54, 1.807) is 7.05 Å². The highest BCUT2D eigenvalue weighted by Crippen LogP contribution is 2.21. The van der Waals surface area contributed by atoms with Crippen LogP contribution in [0.2, 0.25) is 0 Å². The third-order valence-corrected chi connectivity index (χ3v) is 5.57. The number of carbonyl (C=O) groups is 2. The smallest absolute Gasteiger partial charge is 0.341 e.